The standard InChI is InChI=1S/C47H43BN2S2/c1-27-21-37-44-39(22-27)50(29-19-17-28(18-20-29)45(2,3)4)38-24-33-43(52-41-16-12-10-14-31(41)47(33,7)8)26-35(38)48(44)34-25-42-32(23-36(34)49-37)46(5,6)30-13-9-11-15-40(30)51-42/h9-26,49H,1-8H3. The van der Waals surface area contributed by atoms with E-state index in [0.717, 1.165) is 0 Å². The minimum atomic E-state index is -0.132. The van der Waals surface area contributed by atoms with Gasteiger partial charge in [-0.15, -0.1) is 0 Å². The van der Waals surface area contributed by atoms with Crippen LogP contribution in [0.15, 0.2) is 129 Å². The van der Waals surface area contributed by atoms with Gasteiger partial charge in [-0.2, -0.15) is 0 Å². The van der Waals surface area contributed by atoms with Crippen molar-refractivity contribution in [2.45, 2.75) is 91.2 Å². The first-order chi connectivity index (χ1) is 24.8. The van der Waals surface area contributed by atoms with E-state index in [2.05, 4.69) is 175 Å². The first-order valence-corrected chi connectivity index (χ1v) is 20.2. The highest BCUT2D eigenvalue weighted by molar-refractivity contribution is 7.99. The van der Waals surface area contributed by atoms with E-state index < -0.39 is 0 Å². The smallest absolute Gasteiger partial charge is 0.252 e. The lowest BCUT2D eigenvalue weighted by atomic mass is 9.33. The zero-order valence-corrected chi connectivity index (χ0v) is 32.9. The van der Waals surface area contributed by atoms with Crippen molar-refractivity contribution in [3.05, 3.63) is 143 Å². The molecule has 5 heteroatoms. The molecule has 0 atom stereocenters. The van der Waals surface area contributed by atoms with Gasteiger partial charge in [0.25, 0.3) is 6.71 Å². The third kappa shape index (κ3) is 4.54. The molecule has 0 fully saturated rings. The van der Waals surface area contributed by atoms with E-state index in [9.17, 15) is 0 Å². The van der Waals surface area contributed by atoms with Gasteiger partial charge in [0.15, 0.2) is 0 Å². The van der Waals surface area contributed by atoms with Gasteiger partial charge in [-0.25, -0.2) is 0 Å². The summed E-state index contributed by atoms with van der Waals surface area (Å²) < 4.78 is 0. The van der Waals surface area contributed by atoms with Gasteiger partial charge in [0.1, 0.15) is 0 Å². The van der Waals surface area contributed by atoms with E-state index in [4.69, 9.17) is 0 Å². The van der Waals surface area contributed by atoms with E-state index in [0.29, 0.717) is 0 Å². The molecule has 0 spiro atoms. The summed E-state index contributed by atoms with van der Waals surface area (Å²) in [5.41, 5.74) is 18.4. The molecule has 6 aromatic rings. The maximum atomic E-state index is 4.01. The third-order valence-electron chi connectivity index (χ3n) is 12.1. The van der Waals surface area contributed by atoms with Gasteiger partial charge in [0.2, 0.25) is 0 Å². The fraction of sp³-hybridized carbons (Fsp3) is 0.234. The van der Waals surface area contributed by atoms with Crippen molar-refractivity contribution in [3.8, 4) is 0 Å². The van der Waals surface area contributed by atoms with Gasteiger partial charge >= 0.3 is 0 Å². The lowest BCUT2D eigenvalue weighted by molar-refractivity contribution is 0.590. The largest absolute Gasteiger partial charge is 0.356 e. The van der Waals surface area contributed by atoms with Gasteiger partial charge in [0.05, 0.1) is 0 Å². The maximum absolute atomic E-state index is 4.01. The predicted octanol–water partition coefficient (Wildman–Crippen LogP) is 11.2. The number of nitrogens with one attached hydrogen (secondary N) is 1. The summed E-state index contributed by atoms with van der Waals surface area (Å²) in [5.74, 6) is 0. The van der Waals surface area contributed by atoms with Crippen molar-refractivity contribution in [2.75, 3.05) is 10.2 Å². The Kier molecular flexibility index (Phi) is 6.76. The second-order valence-electron chi connectivity index (χ2n) is 17.2. The molecule has 6 aromatic carbocycles. The fourth-order valence-electron chi connectivity index (χ4n) is 9.28. The van der Waals surface area contributed by atoms with Crippen LogP contribution in [0.1, 0.15) is 81.8 Å². The lowest BCUT2D eigenvalue weighted by Gasteiger charge is -2.44. The summed E-state index contributed by atoms with van der Waals surface area (Å²) in [6.45, 7) is 18.8. The van der Waals surface area contributed by atoms with Gasteiger partial charge in [0, 0.05) is 58.8 Å². The highest BCUT2D eigenvalue weighted by Crippen LogP contribution is 2.53. The molecule has 2 nitrogen and oxygen atoms in total. The molecule has 0 aromatic heterocycles. The number of benzene rings is 6. The van der Waals surface area contributed by atoms with E-state index in [1.807, 2.05) is 23.5 Å². The number of aryl methyl sites for hydroxylation is 1. The van der Waals surface area contributed by atoms with Gasteiger partial charge in [-0.1, -0.05) is 133 Å². The van der Waals surface area contributed by atoms with Crippen molar-refractivity contribution >= 4 is 75.1 Å². The third-order valence-corrected chi connectivity index (χ3v) is 14.4. The monoisotopic (exact) mass is 710 g/mol. The Balaban J connectivity index is 1.24. The average Bonchev–Trinajstić information content (AvgIpc) is 3.10. The van der Waals surface area contributed by atoms with Crippen LogP contribution in [0.2, 0.25) is 0 Å². The summed E-state index contributed by atoms with van der Waals surface area (Å²) in [7, 11) is 0. The van der Waals surface area contributed by atoms with E-state index >= 15 is 0 Å². The molecular weight excluding hydrogens is 667 g/mol. The van der Waals surface area contributed by atoms with Crippen LogP contribution in [-0.2, 0) is 16.2 Å². The molecule has 4 aliphatic rings. The van der Waals surface area contributed by atoms with Crippen molar-refractivity contribution in [3.63, 3.8) is 0 Å². The summed E-state index contributed by atoms with van der Waals surface area (Å²) >= 11 is 3.87. The molecule has 1 N–H and O–H groups in total. The first-order valence-electron chi connectivity index (χ1n) is 18.5. The number of anilines is 5. The number of fused-ring (bicyclic) bond motifs is 8. The number of rotatable bonds is 1. The Morgan fingerprint density at radius 1 is 0.577 bits per heavy atom. The minimum Gasteiger partial charge on any atom is -0.356 e. The maximum Gasteiger partial charge on any atom is 0.252 e. The topological polar surface area (TPSA) is 15.3 Å². The zero-order chi connectivity index (χ0) is 35.9. The molecule has 52 heavy (non-hydrogen) atoms. The Morgan fingerprint density at radius 3 is 1.77 bits per heavy atom. The van der Waals surface area contributed by atoms with E-state index in [1.165, 1.54) is 97.8 Å². The highest BCUT2D eigenvalue weighted by Gasteiger charge is 2.45. The lowest BCUT2D eigenvalue weighted by Crippen LogP contribution is -2.60. The van der Waals surface area contributed by atoms with Crippen LogP contribution in [-0.4, -0.2) is 6.71 Å². The highest BCUT2D eigenvalue weighted by atomic mass is 32.2. The number of nitrogens with zero attached hydrogens (tertiary/aromatic N) is 1. The van der Waals surface area contributed by atoms with E-state index in [-0.39, 0.29) is 23.0 Å². The second kappa shape index (κ2) is 10.9. The molecular formula is C47H43BN2S2. The van der Waals surface area contributed by atoms with Crippen LogP contribution in [0.3, 0.4) is 0 Å². The molecule has 0 aliphatic carbocycles. The Hall–Kier alpha value is -4.32. The number of hydrogen-bond donors (Lipinski definition) is 1. The summed E-state index contributed by atoms with van der Waals surface area (Å²) in [6, 6.07) is 42.2. The second-order valence-corrected chi connectivity index (χ2v) is 19.4. The fourth-order valence-corrected chi connectivity index (χ4v) is 12.1. The summed E-state index contributed by atoms with van der Waals surface area (Å²) in [4.78, 5) is 8.01. The SMILES string of the molecule is Cc1cc2c3c(c1)N(c1ccc(C(C)(C)C)cc1)c1cc4c(cc1B3c1cc3c(cc1N2)C(C)(C)c1ccccc1S3)Sc1ccccc1C4(C)C. The molecule has 0 radical (unpaired) electrons. The molecule has 0 amide bonds. The first kappa shape index (κ1) is 32.3. The van der Waals surface area contributed by atoms with Gasteiger partial charge in [-0.3, -0.25) is 0 Å². The predicted molar refractivity (Wildman–Crippen MR) is 224 cm³/mol. The molecule has 4 heterocycles. The van der Waals surface area contributed by atoms with Crippen molar-refractivity contribution < 1.29 is 0 Å². The Morgan fingerprint density at radius 2 is 1.15 bits per heavy atom. The van der Waals surface area contributed by atoms with Crippen molar-refractivity contribution in [1.82, 2.24) is 0 Å². The number of hydrogen-bond acceptors (Lipinski definition) is 4. The van der Waals surface area contributed by atoms with Crippen LogP contribution in [0.5, 0.6) is 0 Å². The van der Waals surface area contributed by atoms with Crippen molar-refractivity contribution in [2.24, 2.45) is 0 Å². The van der Waals surface area contributed by atoms with E-state index in [1.54, 1.807) is 0 Å². The van der Waals surface area contributed by atoms with Gasteiger partial charge in [-0.05, 0) is 111 Å². The zero-order valence-electron chi connectivity index (χ0n) is 31.2. The molecule has 4 aliphatic heterocycles. The van der Waals surface area contributed by atoms with Crippen LogP contribution in [0.25, 0.3) is 0 Å². The normalized spacial score (nSPS) is 16.7. The molecule has 0 saturated carbocycles. The van der Waals surface area contributed by atoms with Crippen LogP contribution < -0.4 is 26.6 Å². The minimum absolute atomic E-state index is 0.0828. The molecule has 10 rings (SSSR count). The molecule has 0 bridgehead atoms. The van der Waals surface area contributed by atoms with Crippen LogP contribution in [0.4, 0.5) is 28.4 Å². The quantitative estimate of drug-likeness (QED) is 0.171. The average molecular weight is 711 g/mol. The molecule has 0 unspecified atom stereocenters. The summed E-state index contributed by atoms with van der Waals surface area (Å²) in [6.07, 6.45) is 0. The molecule has 256 valence electrons. The summed E-state index contributed by atoms with van der Waals surface area (Å²) in [5, 5.41) is 4.01. The van der Waals surface area contributed by atoms with Crippen LogP contribution in [0, 0.1) is 6.92 Å². The Bertz CT molecular complexity index is 2510. The van der Waals surface area contributed by atoms with Crippen LogP contribution >= 0.6 is 23.5 Å². The van der Waals surface area contributed by atoms with Gasteiger partial charge < -0.3 is 10.2 Å². The molecule has 0 saturated heterocycles. The Labute approximate surface area is 317 Å². The van der Waals surface area contributed by atoms with Crippen molar-refractivity contribution in [1.29, 1.82) is 0 Å².